The topological polar surface area (TPSA) is 52.3 Å². The van der Waals surface area contributed by atoms with Crippen LogP contribution in [0, 0.1) is 11.3 Å². The molecule has 0 aliphatic heterocycles. The standard InChI is InChI=1S/C14H25NO2/c1-11-6-2-3-7-12(11)17-13(16)14(10-15)8-4-5-9-14/h11-12H,2-10,15H2,1H3. The van der Waals surface area contributed by atoms with Crippen molar-refractivity contribution in [2.75, 3.05) is 6.54 Å². The maximum absolute atomic E-state index is 12.3. The molecule has 2 rings (SSSR count). The number of hydrogen-bond donors (Lipinski definition) is 1. The fraction of sp³-hybridized carbons (Fsp3) is 0.929. The van der Waals surface area contributed by atoms with Crippen LogP contribution >= 0.6 is 0 Å². The lowest BCUT2D eigenvalue weighted by molar-refractivity contribution is -0.165. The van der Waals surface area contributed by atoms with Gasteiger partial charge in [0.25, 0.3) is 0 Å². The van der Waals surface area contributed by atoms with Crippen molar-refractivity contribution in [1.29, 1.82) is 0 Å². The van der Waals surface area contributed by atoms with E-state index in [0.717, 1.165) is 32.1 Å². The second-order valence-electron chi connectivity index (χ2n) is 5.90. The summed E-state index contributed by atoms with van der Waals surface area (Å²) in [6.45, 7) is 2.65. The van der Waals surface area contributed by atoms with Gasteiger partial charge in [-0.1, -0.05) is 26.2 Å². The Morgan fingerprint density at radius 1 is 1.24 bits per heavy atom. The predicted octanol–water partition coefficient (Wildman–Crippen LogP) is 2.63. The molecule has 2 unspecified atom stereocenters. The van der Waals surface area contributed by atoms with Crippen LogP contribution in [-0.4, -0.2) is 18.6 Å². The van der Waals surface area contributed by atoms with E-state index in [9.17, 15) is 4.79 Å². The van der Waals surface area contributed by atoms with Gasteiger partial charge < -0.3 is 10.5 Å². The van der Waals surface area contributed by atoms with Crippen molar-refractivity contribution in [2.45, 2.75) is 64.4 Å². The Morgan fingerprint density at radius 2 is 1.88 bits per heavy atom. The Kier molecular flexibility index (Phi) is 4.08. The molecule has 3 nitrogen and oxygen atoms in total. The predicted molar refractivity (Wildman–Crippen MR) is 67.5 cm³/mol. The molecule has 2 aliphatic rings. The van der Waals surface area contributed by atoms with Gasteiger partial charge in [0.15, 0.2) is 0 Å². The van der Waals surface area contributed by atoms with E-state index < -0.39 is 0 Å². The molecule has 0 heterocycles. The average Bonchev–Trinajstić information content (AvgIpc) is 2.82. The third-order valence-corrected chi connectivity index (χ3v) is 4.68. The molecule has 0 amide bonds. The fourth-order valence-electron chi connectivity index (χ4n) is 3.26. The van der Waals surface area contributed by atoms with Gasteiger partial charge in [-0.2, -0.15) is 0 Å². The largest absolute Gasteiger partial charge is 0.462 e. The monoisotopic (exact) mass is 239 g/mol. The SMILES string of the molecule is CC1CCCCC1OC(=O)C1(CN)CCCC1. The second-order valence-corrected chi connectivity index (χ2v) is 5.90. The number of rotatable bonds is 3. The molecule has 0 spiro atoms. The van der Waals surface area contributed by atoms with Crippen LogP contribution in [0.15, 0.2) is 0 Å². The summed E-state index contributed by atoms with van der Waals surface area (Å²) in [6.07, 6.45) is 8.91. The van der Waals surface area contributed by atoms with Crippen LogP contribution in [0.4, 0.5) is 0 Å². The highest BCUT2D eigenvalue weighted by Gasteiger charge is 2.42. The lowest BCUT2D eigenvalue weighted by Crippen LogP contribution is -2.41. The maximum atomic E-state index is 12.3. The molecule has 0 bridgehead atoms. The molecule has 0 aromatic carbocycles. The van der Waals surface area contributed by atoms with Crippen molar-refractivity contribution >= 4 is 5.97 Å². The Bertz CT molecular complexity index is 271. The van der Waals surface area contributed by atoms with Gasteiger partial charge in [-0.05, 0) is 38.0 Å². The first-order chi connectivity index (χ1) is 8.18. The summed E-state index contributed by atoms with van der Waals surface area (Å²) in [5.41, 5.74) is 5.46. The zero-order valence-electron chi connectivity index (χ0n) is 10.9. The van der Waals surface area contributed by atoms with Crippen molar-refractivity contribution in [1.82, 2.24) is 0 Å². The third-order valence-electron chi connectivity index (χ3n) is 4.68. The summed E-state index contributed by atoms with van der Waals surface area (Å²) >= 11 is 0. The smallest absolute Gasteiger partial charge is 0.313 e. The lowest BCUT2D eigenvalue weighted by Gasteiger charge is -2.33. The summed E-state index contributed by atoms with van der Waals surface area (Å²) in [5.74, 6) is 0.500. The van der Waals surface area contributed by atoms with Crippen LogP contribution in [0.2, 0.25) is 0 Å². The van der Waals surface area contributed by atoms with E-state index in [1.807, 2.05) is 0 Å². The zero-order valence-corrected chi connectivity index (χ0v) is 10.9. The molecule has 2 saturated carbocycles. The van der Waals surface area contributed by atoms with Crippen molar-refractivity contribution in [2.24, 2.45) is 17.1 Å². The van der Waals surface area contributed by atoms with E-state index in [2.05, 4.69) is 6.92 Å². The van der Waals surface area contributed by atoms with Crippen LogP contribution in [0.1, 0.15) is 58.3 Å². The van der Waals surface area contributed by atoms with E-state index in [0.29, 0.717) is 12.5 Å². The van der Waals surface area contributed by atoms with Crippen molar-refractivity contribution < 1.29 is 9.53 Å². The summed E-state index contributed by atoms with van der Waals surface area (Å²) in [7, 11) is 0. The zero-order chi connectivity index (χ0) is 12.3. The first-order valence-corrected chi connectivity index (χ1v) is 7.09. The Labute approximate surface area is 104 Å². The van der Waals surface area contributed by atoms with Crippen LogP contribution in [-0.2, 0) is 9.53 Å². The van der Waals surface area contributed by atoms with E-state index in [1.165, 1.54) is 19.3 Å². The number of ether oxygens (including phenoxy) is 1. The number of hydrogen-bond acceptors (Lipinski definition) is 3. The highest BCUT2D eigenvalue weighted by molar-refractivity contribution is 5.77. The first kappa shape index (κ1) is 12.9. The molecule has 2 atom stereocenters. The van der Waals surface area contributed by atoms with Crippen LogP contribution in [0.25, 0.3) is 0 Å². The average molecular weight is 239 g/mol. The molecular formula is C14H25NO2. The number of esters is 1. The highest BCUT2D eigenvalue weighted by Crippen LogP contribution is 2.39. The molecule has 3 heteroatoms. The van der Waals surface area contributed by atoms with Gasteiger partial charge >= 0.3 is 5.97 Å². The molecular weight excluding hydrogens is 214 g/mol. The molecule has 2 N–H and O–H groups in total. The van der Waals surface area contributed by atoms with E-state index in [4.69, 9.17) is 10.5 Å². The highest BCUT2D eigenvalue weighted by atomic mass is 16.5. The first-order valence-electron chi connectivity index (χ1n) is 7.09. The molecule has 0 aromatic rings. The minimum Gasteiger partial charge on any atom is -0.462 e. The van der Waals surface area contributed by atoms with Gasteiger partial charge in [0, 0.05) is 6.54 Å². The molecule has 0 aromatic heterocycles. The Hall–Kier alpha value is -0.570. The summed E-state index contributed by atoms with van der Waals surface area (Å²) in [6, 6.07) is 0. The number of nitrogens with two attached hydrogens (primary N) is 1. The number of carbonyl (C=O) groups excluding carboxylic acids is 1. The molecule has 0 radical (unpaired) electrons. The quantitative estimate of drug-likeness (QED) is 0.770. The van der Waals surface area contributed by atoms with Gasteiger partial charge in [-0.3, -0.25) is 4.79 Å². The molecule has 2 fully saturated rings. The van der Waals surface area contributed by atoms with Crippen molar-refractivity contribution in [3.63, 3.8) is 0 Å². The molecule has 0 saturated heterocycles. The van der Waals surface area contributed by atoms with E-state index in [-0.39, 0.29) is 17.5 Å². The minimum atomic E-state index is -0.350. The Morgan fingerprint density at radius 3 is 2.47 bits per heavy atom. The van der Waals surface area contributed by atoms with Gasteiger partial charge in [0.1, 0.15) is 6.10 Å². The fourth-order valence-corrected chi connectivity index (χ4v) is 3.26. The van der Waals surface area contributed by atoms with Gasteiger partial charge in [-0.15, -0.1) is 0 Å². The van der Waals surface area contributed by atoms with Crippen LogP contribution in [0.3, 0.4) is 0 Å². The lowest BCUT2D eigenvalue weighted by atomic mass is 9.85. The van der Waals surface area contributed by atoms with Gasteiger partial charge in [-0.25, -0.2) is 0 Å². The third kappa shape index (κ3) is 2.65. The summed E-state index contributed by atoms with van der Waals surface area (Å²) in [5, 5.41) is 0. The van der Waals surface area contributed by atoms with Crippen molar-refractivity contribution in [3.05, 3.63) is 0 Å². The van der Waals surface area contributed by atoms with Gasteiger partial charge in [0.05, 0.1) is 5.41 Å². The summed E-state index contributed by atoms with van der Waals surface area (Å²) < 4.78 is 5.76. The molecule has 2 aliphatic carbocycles. The normalized spacial score (nSPS) is 32.4. The second kappa shape index (κ2) is 5.38. The van der Waals surface area contributed by atoms with Gasteiger partial charge in [0.2, 0.25) is 0 Å². The maximum Gasteiger partial charge on any atom is 0.313 e. The van der Waals surface area contributed by atoms with Crippen molar-refractivity contribution in [3.8, 4) is 0 Å². The summed E-state index contributed by atoms with van der Waals surface area (Å²) in [4.78, 5) is 12.3. The molecule has 98 valence electrons. The molecule has 17 heavy (non-hydrogen) atoms. The van der Waals surface area contributed by atoms with Crippen LogP contribution in [0.5, 0.6) is 0 Å². The number of carbonyl (C=O) groups is 1. The van der Waals surface area contributed by atoms with Crippen LogP contribution < -0.4 is 5.73 Å². The van der Waals surface area contributed by atoms with E-state index >= 15 is 0 Å². The van der Waals surface area contributed by atoms with E-state index in [1.54, 1.807) is 0 Å². The Balaban J connectivity index is 1.95. The minimum absolute atomic E-state index is 0.0174.